The molecule has 0 aliphatic rings. The van der Waals surface area contributed by atoms with Gasteiger partial charge in [-0.1, -0.05) is 22.0 Å². The first-order chi connectivity index (χ1) is 6.50. The highest BCUT2D eigenvalue weighted by atomic mass is 79.9. The fourth-order valence-corrected chi connectivity index (χ4v) is 1.52. The van der Waals surface area contributed by atoms with Crippen LogP contribution in [0.15, 0.2) is 22.7 Å². The summed E-state index contributed by atoms with van der Waals surface area (Å²) in [5.74, 6) is -1.44. The van der Waals surface area contributed by atoms with Crippen molar-refractivity contribution in [1.29, 1.82) is 0 Å². The molecule has 1 unspecified atom stereocenters. The van der Waals surface area contributed by atoms with Crippen molar-refractivity contribution in [3.05, 3.63) is 34.1 Å². The van der Waals surface area contributed by atoms with E-state index in [0.29, 0.717) is 10.0 Å². The van der Waals surface area contributed by atoms with Gasteiger partial charge >= 0.3 is 5.97 Å². The molecule has 0 aliphatic heterocycles. The molecule has 3 N–H and O–H groups in total. The van der Waals surface area contributed by atoms with Crippen LogP contribution >= 0.6 is 15.9 Å². The van der Waals surface area contributed by atoms with E-state index >= 15 is 0 Å². The average Bonchev–Trinajstić information content (AvgIpc) is 2.09. The average molecular weight is 262 g/mol. The summed E-state index contributed by atoms with van der Waals surface area (Å²) < 4.78 is 13.2. The first-order valence-electron chi connectivity index (χ1n) is 3.93. The third kappa shape index (κ3) is 2.78. The van der Waals surface area contributed by atoms with Crippen LogP contribution in [0.25, 0.3) is 0 Å². The molecule has 1 atom stereocenters. The normalized spacial score (nSPS) is 12.5. The number of carbonyl (C=O) groups is 1. The molecule has 0 aromatic heterocycles. The van der Waals surface area contributed by atoms with Crippen LogP contribution in [0, 0.1) is 5.82 Å². The van der Waals surface area contributed by atoms with Crippen LogP contribution < -0.4 is 5.73 Å². The molecule has 0 amide bonds. The molecule has 0 bridgehead atoms. The second-order valence-electron chi connectivity index (χ2n) is 2.88. The minimum absolute atomic E-state index is 0.177. The second-order valence-corrected chi connectivity index (χ2v) is 3.74. The van der Waals surface area contributed by atoms with Crippen molar-refractivity contribution in [2.75, 3.05) is 0 Å². The molecule has 0 saturated carbocycles. The van der Waals surface area contributed by atoms with Crippen molar-refractivity contribution in [2.45, 2.75) is 12.5 Å². The lowest BCUT2D eigenvalue weighted by Gasteiger charge is -2.07. The highest BCUT2D eigenvalue weighted by molar-refractivity contribution is 9.10. The third-order valence-electron chi connectivity index (χ3n) is 1.77. The highest BCUT2D eigenvalue weighted by Crippen LogP contribution is 2.19. The number of hydrogen-bond acceptors (Lipinski definition) is 2. The Labute approximate surface area is 88.9 Å². The molecule has 14 heavy (non-hydrogen) atoms. The molecule has 0 spiro atoms. The molecule has 1 aromatic rings. The van der Waals surface area contributed by atoms with Gasteiger partial charge in [0.15, 0.2) is 0 Å². The molecule has 0 radical (unpaired) electrons. The van der Waals surface area contributed by atoms with E-state index in [2.05, 4.69) is 15.9 Å². The van der Waals surface area contributed by atoms with Gasteiger partial charge in [0.25, 0.3) is 0 Å². The van der Waals surface area contributed by atoms with Gasteiger partial charge in [-0.25, -0.2) is 4.39 Å². The van der Waals surface area contributed by atoms with Crippen LogP contribution in [0.3, 0.4) is 0 Å². The molecule has 76 valence electrons. The van der Waals surface area contributed by atoms with Gasteiger partial charge in [0, 0.05) is 4.47 Å². The molecule has 0 saturated heterocycles. The van der Waals surface area contributed by atoms with Gasteiger partial charge in [0.05, 0.1) is 0 Å². The number of carboxylic acids is 1. The van der Waals surface area contributed by atoms with Crippen LogP contribution in [-0.2, 0) is 11.2 Å². The van der Waals surface area contributed by atoms with Crippen molar-refractivity contribution in [3.8, 4) is 0 Å². The van der Waals surface area contributed by atoms with Gasteiger partial charge in [0.1, 0.15) is 11.9 Å². The zero-order valence-electron chi connectivity index (χ0n) is 7.21. The Kier molecular flexibility index (Phi) is 3.60. The van der Waals surface area contributed by atoms with E-state index in [1.54, 1.807) is 0 Å². The molecule has 0 heterocycles. The number of aliphatic carboxylic acids is 1. The zero-order chi connectivity index (χ0) is 10.7. The van der Waals surface area contributed by atoms with Gasteiger partial charge in [0.2, 0.25) is 0 Å². The summed E-state index contributed by atoms with van der Waals surface area (Å²) in [6, 6.07) is 3.11. The standard InChI is InChI=1S/C9H9BrFNO2/c10-7-4-6(11)2-1-5(7)3-8(12)9(13)14/h1-2,4,8H,3,12H2,(H,13,14). The topological polar surface area (TPSA) is 63.3 Å². The van der Waals surface area contributed by atoms with Gasteiger partial charge in [-0.15, -0.1) is 0 Å². The first-order valence-corrected chi connectivity index (χ1v) is 4.72. The van der Waals surface area contributed by atoms with E-state index in [4.69, 9.17) is 10.8 Å². The maximum Gasteiger partial charge on any atom is 0.320 e. The summed E-state index contributed by atoms with van der Waals surface area (Å²) in [6.45, 7) is 0. The Bertz CT molecular complexity index is 357. The minimum Gasteiger partial charge on any atom is -0.480 e. The Balaban J connectivity index is 2.82. The second kappa shape index (κ2) is 4.52. The smallest absolute Gasteiger partial charge is 0.320 e. The van der Waals surface area contributed by atoms with E-state index < -0.39 is 12.0 Å². The molecule has 1 rings (SSSR count). The third-order valence-corrected chi connectivity index (χ3v) is 2.51. The number of rotatable bonds is 3. The number of carboxylic acid groups (broad SMARTS) is 1. The quantitative estimate of drug-likeness (QED) is 0.868. The lowest BCUT2D eigenvalue weighted by Crippen LogP contribution is -2.32. The number of halogens is 2. The summed E-state index contributed by atoms with van der Waals surface area (Å²) >= 11 is 3.14. The summed E-state index contributed by atoms with van der Waals surface area (Å²) in [4.78, 5) is 10.5. The predicted molar refractivity (Wildman–Crippen MR) is 53.4 cm³/mol. The van der Waals surface area contributed by atoms with E-state index in [0.717, 1.165) is 0 Å². The zero-order valence-corrected chi connectivity index (χ0v) is 8.79. The van der Waals surface area contributed by atoms with Crippen LogP contribution in [0.2, 0.25) is 0 Å². The molecule has 0 fully saturated rings. The number of benzene rings is 1. The van der Waals surface area contributed by atoms with Crippen LogP contribution in [-0.4, -0.2) is 17.1 Å². The lowest BCUT2D eigenvalue weighted by atomic mass is 10.1. The van der Waals surface area contributed by atoms with E-state index in [1.807, 2.05) is 0 Å². The Morgan fingerprint density at radius 2 is 2.29 bits per heavy atom. The molecule has 0 aliphatic carbocycles. The summed E-state index contributed by atoms with van der Waals surface area (Å²) in [5, 5.41) is 8.57. The van der Waals surface area contributed by atoms with Crippen molar-refractivity contribution < 1.29 is 14.3 Å². The van der Waals surface area contributed by atoms with Crippen molar-refractivity contribution in [3.63, 3.8) is 0 Å². The lowest BCUT2D eigenvalue weighted by molar-refractivity contribution is -0.138. The van der Waals surface area contributed by atoms with Crippen LogP contribution in [0.5, 0.6) is 0 Å². The Morgan fingerprint density at radius 3 is 2.79 bits per heavy atom. The van der Waals surface area contributed by atoms with E-state index in [9.17, 15) is 9.18 Å². The number of nitrogens with two attached hydrogens (primary N) is 1. The van der Waals surface area contributed by atoms with Gasteiger partial charge in [-0.3, -0.25) is 4.79 Å². The van der Waals surface area contributed by atoms with Gasteiger partial charge in [-0.2, -0.15) is 0 Å². The van der Waals surface area contributed by atoms with E-state index in [1.165, 1.54) is 18.2 Å². The summed E-state index contributed by atoms with van der Waals surface area (Å²) in [6.07, 6.45) is 0.177. The Morgan fingerprint density at radius 1 is 1.64 bits per heavy atom. The number of hydrogen-bond donors (Lipinski definition) is 2. The maximum atomic E-state index is 12.7. The summed E-state index contributed by atoms with van der Waals surface area (Å²) in [5.41, 5.74) is 6.02. The SMILES string of the molecule is NC(Cc1ccc(F)cc1Br)C(=O)O. The largest absolute Gasteiger partial charge is 0.480 e. The molecular weight excluding hydrogens is 253 g/mol. The maximum absolute atomic E-state index is 12.7. The van der Waals surface area contributed by atoms with Gasteiger partial charge in [-0.05, 0) is 24.1 Å². The monoisotopic (exact) mass is 261 g/mol. The molecule has 3 nitrogen and oxygen atoms in total. The summed E-state index contributed by atoms with van der Waals surface area (Å²) in [7, 11) is 0. The molecule has 5 heteroatoms. The highest BCUT2D eigenvalue weighted by Gasteiger charge is 2.13. The van der Waals surface area contributed by atoms with Gasteiger partial charge < -0.3 is 10.8 Å². The molecule has 1 aromatic carbocycles. The van der Waals surface area contributed by atoms with E-state index in [-0.39, 0.29) is 12.2 Å². The first kappa shape index (κ1) is 11.1. The minimum atomic E-state index is -1.07. The van der Waals surface area contributed by atoms with Crippen molar-refractivity contribution >= 4 is 21.9 Å². The molecular formula is C9H9BrFNO2. The fraction of sp³-hybridized carbons (Fsp3) is 0.222. The van der Waals surface area contributed by atoms with Crippen LogP contribution in [0.1, 0.15) is 5.56 Å². The van der Waals surface area contributed by atoms with Crippen LogP contribution in [0.4, 0.5) is 4.39 Å². The van der Waals surface area contributed by atoms with Crippen molar-refractivity contribution in [2.24, 2.45) is 5.73 Å². The Hall–Kier alpha value is -0.940. The fourth-order valence-electron chi connectivity index (χ4n) is 1.01. The van der Waals surface area contributed by atoms with Crippen molar-refractivity contribution in [1.82, 2.24) is 0 Å². The predicted octanol–water partition coefficient (Wildman–Crippen LogP) is 1.54.